The van der Waals surface area contributed by atoms with Crippen molar-refractivity contribution in [2.75, 3.05) is 13.7 Å². The first-order chi connectivity index (χ1) is 26.7. The second kappa shape index (κ2) is 16.7. The number of esters is 1. The van der Waals surface area contributed by atoms with Crippen molar-refractivity contribution < 1.29 is 53.4 Å². The highest BCUT2D eigenvalue weighted by molar-refractivity contribution is 6.06. The van der Waals surface area contributed by atoms with Crippen LogP contribution in [0.4, 0.5) is 0 Å². The van der Waals surface area contributed by atoms with Gasteiger partial charge in [0, 0.05) is 38.7 Å². The van der Waals surface area contributed by atoms with Crippen molar-refractivity contribution in [2.24, 2.45) is 28.8 Å². The lowest BCUT2D eigenvalue weighted by Gasteiger charge is -2.51. The molecule has 12 heteroatoms. The van der Waals surface area contributed by atoms with Crippen LogP contribution in [-0.4, -0.2) is 107 Å². The van der Waals surface area contributed by atoms with Gasteiger partial charge in [-0.25, -0.2) is 0 Å². The van der Waals surface area contributed by atoms with Gasteiger partial charge in [0.25, 0.3) is 0 Å². The summed E-state index contributed by atoms with van der Waals surface area (Å²) in [7, 11) is 1.59. The van der Waals surface area contributed by atoms with E-state index in [1.54, 1.807) is 33.1 Å². The van der Waals surface area contributed by atoms with Gasteiger partial charge >= 0.3 is 5.97 Å². The Bertz CT molecular complexity index is 1600. The number of hydrogen-bond donors (Lipinski definition) is 3. The summed E-state index contributed by atoms with van der Waals surface area (Å²) in [5, 5.41) is 37.2. The highest BCUT2D eigenvalue weighted by Gasteiger charge is 2.60. The number of allylic oxidation sites excluding steroid dienone is 2. The quantitative estimate of drug-likeness (QED) is 0.125. The molecule has 0 aromatic heterocycles. The number of fused-ring (bicyclic) bond motifs is 2. The third kappa shape index (κ3) is 7.98. The van der Waals surface area contributed by atoms with Crippen molar-refractivity contribution in [3.63, 3.8) is 0 Å². The first-order valence-electron chi connectivity index (χ1n) is 21.1. The monoisotopic (exact) mass is 783 g/mol. The van der Waals surface area contributed by atoms with E-state index >= 15 is 0 Å². The van der Waals surface area contributed by atoms with Gasteiger partial charge in [-0.2, -0.15) is 0 Å². The fourth-order valence-electron chi connectivity index (χ4n) is 10.6. The molecule has 14 atom stereocenters. The van der Waals surface area contributed by atoms with Crippen LogP contribution in [0.2, 0.25) is 0 Å². The molecule has 0 amide bonds. The van der Waals surface area contributed by atoms with E-state index in [-0.39, 0.29) is 30.4 Å². The standard InChI is InChI=1S/C44H65NO11/c1-25-12-11-15-31-24-51-40-37(45-49)28(4)20-34(44(31,40)48)41(46)53-33-21-32(55-43(23-33)19-18-27(3)39(56-43)30-13-9-8-10-14-30)17-16-26(2)38(25)54-36-22-35(50-7)42(6,47)29(5)52-36/h11-12,15-16,20,25,27,29-30,32-36,38-40,47-49H,8-10,13-14,17-19,21-24H2,1-7H3/b12-11+,26-16+,31-15+,45-37+/t25-,27-,29-,32+,33-,34-,35-,36-,38-,39-,40+,42-,43+,44+/m0/s1. The molecular weight excluding hydrogens is 718 g/mol. The molecule has 1 saturated carbocycles. The zero-order valence-electron chi connectivity index (χ0n) is 34.4. The second-order valence-electron chi connectivity index (χ2n) is 18.0. The average molecular weight is 784 g/mol. The van der Waals surface area contributed by atoms with Gasteiger partial charge in [0.1, 0.15) is 35.0 Å². The van der Waals surface area contributed by atoms with E-state index in [4.69, 9.17) is 33.2 Å². The third-order valence-electron chi connectivity index (χ3n) is 14.1. The Balaban J connectivity index is 1.25. The van der Waals surface area contributed by atoms with Gasteiger partial charge in [-0.05, 0) is 81.9 Å². The van der Waals surface area contributed by atoms with Crippen LogP contribution in [0.15, 0.2) is 52.3 Å². The van der Waals surface area contributed by atoms with Gasteiger partial charge in [0.05, 0.1) is 37.1 Å². The minimum absolute atomic E-state index is 0.0336. The Morgan fingerprint density at radius 2 is 1.77 bits per heavy atom. The maximum Gasteiger partial charge on any atom is 0.316 e. The molecule has 0 aromatic carbocycles. The molecule has 0 radical (unpaired) electrons. The van der Waals surface area contributed by atoms with E-state index in [1.165, 1.54) is 19.3 Å². The van der Waals surface area contributed by atoms with Crippen LogP contribution in [-0.2, 0) is 38.0 Å². The average Bonchev–Trinajstić information content (AvgIpc) is 3.50. The molecule has 7 rings (SSSR count). The zero-order chi connectivity index (χ0) is 40.0. The lowest BCUT2D eigenvalue weighted by molar-refractivity contribution is -0.342. The molecule has 12 nitrogen and oxygen atoms in total. The summed E-state index contributed by atoms with van der Waals surface area (Å²) in [5.41, 5.74) is -0.822. The smallest absolute Gasteiger partial charge is 0.316 e. The lowest BCUT2D eigenvalue weighted by Crippen LogP contribution is -2.58. The minimum Gasteiger partial charge on any atom is -0.462 e. The molecule has 0 unspecified atom stereocenters. The van der Waals surface area contributed by atoms with E-state index < -0.39 is 65.7 Å². The summed E-state index contributed by atoms with van der Waals surface area (Å²) in [4.78, 5) is 14.4. The molecule has 3 N–H and O–H groups in total. The fourth-order valence-corrected chi connectivity index (χ4v) is 10.6. The first kappa shape index (κ1) is 41.7. The minimum atomic E-state index is -1.84. The molecule has 5 heterocycles. The maximum atomic E-state index is 14.4. The number of carbonyl (C=O) groups is 1. The topological polar surface area (TPSA) is 155 Å². The van der Waals surface area contributed by atoms with Crippen molar-refractivity contribution in [3.05, 3.63) is 47.1 Å². The fraction of sp³-hybridized carbons (Fsp3) is 0.773. The molecule has 56 heavy (non-hydrogen) atoms. The van der Waals surface area contributed by atoms with Crippen molar-refractivity contribution in [1.29, 1.82) is 0 Å². The molecule has 5 fully saturated rings. The van der Waals surface area contributed by atoms with E-state index in [1.807, 2.05) is 19.1 Å². The van der Waals surface area contributed by atoms with Gasteiger partial charge in [-0.3, -0.25) is 4.79 Å². The van der Waals surface area contributed by atoms with Gasteiger partial charge in [-0.1, -0.05) is 68.6 Å². The molecular formula is C44H65NO11. The number of methoxy groups -OCH3 is 1. The molecule has 2 aliphatic carbocycles. The van der Waals surface area contributed by atoms with Crippen molar-refractivity contribution >= 4 is 11.7 Å². The molecule has 7 aliphatic rings. The van der Waals surface area contributed by atoms with Crippen LogP contribution in [0.25, 0.3) is 0 Å². The number of nitrogens with zero attached hydrogens (tertiary/aromatic N) is 1. The molecule has 2 bridgehead atoms. The Kier molecular flexibility index (Phi) is 12.4. The zero-order valence-corrected chi connectivity index (χ0v) is 34.4. The number of ether oxygens (including phenoxy) is 7. The number of oxime groups is 1. The van der Waals surface area contributed by atoms with Crippen LogP contribution in [0, 0.1) is 23.7 Å². The second-order valence-corrected chi connectivity index (χ2v) is 18.0. The van der Waals surface area contributed by atoms with E-state index in [9.17, 15) is 20.2 Å². The lowest BCUT2D eigenvalue weighted by atomic mass is 9.71. The third-order valence-corrected chi connectivity index (χ3v) is 14.1. The Morgan fingerprint density at radius 3 is 2.50 bits per heavy atom. The van der Waals surface area contributed by atoms with E-state index in [2.05, 4.69) is 32.0 Å². The Labute approximate surface area is 332 Å². The predicted molar refractivity (Wildman–Crippen MR) is 208 cm³/mol. The van der Waals surface area contributed by atoms with E-state index in [0.29, 0.717) is 55.1 Å². The van der Waals surface area contributed by atoms with Crippen molar-refractivity contribution in [2.45, 2.75) is 178 Å². The van der Waals surface area contributed by atoms with Crippen LogP contribution < -0.4 is 0 Å². The molecule has 0 aromatic rings. The van der Waals surface area contributed by atoms with Gasteiger partial charge in [0.15, 0.2) is 12.1 Å². The normalized spacial score (nSPS) is 48.6. The highest BCUT2D eigenvalue weighted by atomic mass is 16.7. The van der Waals surface area contributed by atoms with Crippen molar-refractivity contribution in [1.82, 2.24) is 0 Å². The Hall–Kier alpha value is -2.42. The first-order valence-corrected chi connectivity index (χ1v) is 21.1. The highest BCUT2D eigenvalue weighted by Crippen LogP contribution is 2.48. The van der Waals surface area contributed by atoms with Crippen LogP contribution in [0.3, 0.4) is 0 Å². The summed E-state index contributed by atoms with van der Waals surface area (Å²) in [6, 6.07) is 0. The predicted octanol–water partition coefficient (Wildman–Crippen LogP) is 6.46. The molecule has 5 aliphatic heterocycles. The van der Waals surface area contributed by atoms with E-state index in [0.717, 1.165) is 24.8 Å². The largest absolute Gasteiger partial charge is 0.462 e. The van der Waals surface area contributed by atoms with Gasteiger partial charge in [-0.15, -0.1) is 0 Å². The van der Waals surface area contributed by atoms with Crippen LogP contribution in [0.5, 0.6) is 0 Å². The van der Waals surface area contributed by atoms with Gasteiger partial charge < -0.3 is 48.6 Å². The summed E-state index contributed by atoms with van der Waals surface area (Å²) >= 11 is 0. The SMILES string of the molecule is CO[C@H]1C[C@H](O[C@@H]2/C(C)=C/C[C@@H]3C[C@@H](C[C@]4(CC[C@H](C)[C@@H](C5CCCCC5)O4)O3)OC(=O)[C@@H]3C=C(C)/C(=N\O)[C@H]4OC/C(=C\C=C\[C@@H]2C)[C@]43O)O[C@@H](C)[C@]1(C)O. The Morgan fingerprint density at radius 1 is 1.00 bits per heavy atom. The number of aliphatic hydroxyl groups is 2. The molecule has 312 valence electrons. The molecule has 4 saturated heterocycles. The number of rotatable bonds is 4. The summed E-state index contributed by atoms with van der Waals surface area (Å²) in [6.45, 7) is 11.7. The molecule has 1 spiro atoms. The summed E-state index contributed by atoms with van der Waals surface area (Å²) in [5.74, 6) is -1.85. The van der Waals surface area contributed by atoms with Crippen LogP contribution >= 0.6 is 0 Å². The maximum absolute atomic E-state index is 14.4. The number of hydrogen-bond acceptors (Lipinski definition) is 12. The van der Waals surface area contributed by atoms with Crippen molar-refractivity contribution in [3.8, 4) is 0 Å². The van der Waals surface area contributed by atoms with Crippen LogP contribution in [0.1, 0.15) is 112 Å². The van der Waals surface area contributed by atoms with Gasteiger partial charge in [0.2, 0.25) is 0 Å². The summed E-state index contributed by atoms with van der Waals surface area (Å²) < 4.78 is 45.4. The summed E-state index contributed by atoms with van der Waals surface area (Å²) in [6.07, 6.45) is 15.0. The number of carbonyl (C=O) groups excluding carboxylic acids is 1.